The number of benzene rings is 6. The van der Waals surface area contributed by atoms with Crippen molar-refractivity contribution in [2.45, 2.75) is 6.92 Å². The molecule has 206 valence electrons. The van der Waals surface area contributed by atoms with Gasteiger partial charge in [0.25, 0.3) is 0 Å². The van der Waals surface area contributed by atoms with Crippen molar-refractivity contribution in [2.75, 3.05) is 0 Å². The van der Waals surface area contributed by atoms with E-state index in [4.69, 9.17) is 4.98 Å². The first-order chi connectivity index (χ1) is 21.1. The van der Waals surface area contributed by atoms with Crippen LogP contribution in [-0.4, -0.2) is 9.55 Å². The van der Waals surface area contributed by atoms with Crippen LogP contribution in [0.1, 0.15) is 17.0 Å². The molecule has 0 aliphatic carbocycles. The summed E-state index contributed by atoms with van der Waals surface area (Å²) in [6.07, 6.45) is 4.25. The van der Waals surface area contributed by atoms with Crippen LogP contribution in [0.2, 0.25) is 0 Å². The zero-order valence-corrected chi connectivity index (χ0v) is 24.5. The van der Waals surface area contributed by atoms with E-state index in [0.717, 1.165) is 33.9 Å². The highest BCUT2D eigenvalue weighted by Gasteiger charge is 2.17. The zero-order valence-electron chi connectivity index (χ0n) is 24.5. The summed E-state index contributed by atoms with van der Waals surface area (Å²) in [5.74, 6) is 0.960. The minimum absolute atomic E-state index is 0.956. The lowest BCUT2D eigenvalue weighted by atomic mass is 9.85. The topological polar surface area (TPSA) is 17.8 Å². The molecule has 0 atom stereocenters. The average molecular weight is 553 g/mol. The van der Waals surface area contributed by atoms with E-state index in [0.29, 0.717) is 0 Å². The summed E-state index contributed by atoms with van der Waals surface area (Å²) in [5, 5.41) is 4.96. The maximum Gasteiger partial charge on any atom is 0.140 e. The van der Waals surface area contributed by atoms with Crippen LogP contribution in [-0.2, 0) is 7.05 Å². The zero-order chi connectivity index (χ0) is 29.3. The minimum atomic E-state index is 0.956. The van der Waals surface area contributed by atoms with Gasteiger partial charge in [0.2, 0.25) is 0 Å². The predicted octanol–water partition coefficient (Wildman–Crippen LogP) is 10.8. The third-order valence-corrected chi connectivity index (χ3v) is 8.32. The average Bonchev–Trinajstić information content (AvgIpc) is 3.35. The lowest BCUT2D eigenvalue weighted by molar-refractivity contribution is 0.912. The summed E-state index contributed by atoms with van der Waals surface area (Å²) < 4.78 is 2.15. The summed E-state index contributed by atoms with van der Waals surface area (Å²) in [7, 11) is 2.07. The number of aromatic nitrogens is 2. The lowest BCUT2D eigenvalue weighted by Gasteiger charge is -2.18. The fourth-order valence-electron chi connectivity index (χ4n) is 6.21. The van der Waals surface area contributed by atoms with Crippen molar-refractivity contribution in [2.24, 2.45) is 7.05 Å². The molecule has 43 heavy (non-hydrogen) atoms. The van der Waals surface area contributed by atoms with Gasteiger partial charge in [-0.25, -0.2) is 4.98 Å². The fraction of sp³-hybridized carbons (Fsp3) is 0.0488. The molecule has 2 nitrogen and oxygen atoms in total. The van der Waals surface area contributed by atoms with E-state index in [9.17, 15) is 0 Å². The molecule has 0 unspecified atom stereocenters. The molecular formula is C41H32N2. The molecule has 6 aromatic carbocycles. The summed E-state index contributed by atoms with van der Waals surface area (Å²) in [6.45, 7) is 6.56. The molecule has 0 radical (unpaired) electrons. The molecule has 7 aromatic rings. The minimum Gasteiger partial charge on any atom is -0.327 e. The third kappa shape index (κ3) is 4.77. The maximum absolute atomic E-state index is 4.87. The van der Waals surface area contributed by atoms with E-state index < -0.39 is 0 Å². The van der Waals surface area contributed by atoms with Gasteiger partial charge in [0.15, 0.2) is 0 Å². The Hall–Kier alpha value is -5.47. The van der Waals surface area contributed by atoms with Crippen molar-refractivity contribution in [1.29, 1.82) is 0 Å². The van der Waals surface area contributed by atoms with E-state index in [1.54, 1.807) is 0 Å². The second-order valence-electron chi connectivity index (χ2n) is 11.0. The molecule has 1 aromatic heterocycles. The van der Waals surface area contributed by atoms with Gasteiger partial charge in [-0.1, -0.05) is 140 Å². The van der Waals surface area contributed by atoms with Gasteiger partial charge in [-0.05, 0) is 74.0 Å². The Bertz CT molecular complexity index is 2130. The highest BCUT2D eigenvalue weighted by Crippen LogP contribution is 2.44. The van der Waals surface area contributed by atoms with Gasteiger partial charge >= 0.3 is 0 Å². The summed E-state index contributed by atoms with van der Waals surface area (Å²) >= 11 is 0. The molecule has 0 N–H and O–H groups in total. The Morgan fingerprint density at radius 3 is 1.67 bits per heavy atom. The third-order valence-electron chi connectivity index (χ3n) is 8.32. The van der Waals surface area contributed by atoms with E-state index in [2.05, 4.69) is 153 Å². The second kappa shape index (κ2) is 11.1. The van der Waals surface area contributed by atoms with Gasteiger partial charge < -0.3 is 4.57 Å². The van der Waals surface area contributed by atoms with E-state index in [-0.39, 0.29) is 0 Å². The summed E-state index contributed by atoms with van der Waals surface area (Å²) in [5.41, 5.74) is 10.2. The quantitative estimate of drug-likeness (QED) is 0.148. The monoisotopic (exact) mass is 552 g/mol. The molecule has 0 amide bonds. The van der Waals surface area contributed by atoms with Crippen LogP contribution >= 0.6 is 0 Å². The first-order valence-electron chi connectivity index (χ1n) is 14.7. The first kappa shape index (κ1) is 26.4. The molecule has 0 aliphatic rings. The molecule has 0 fully saturated rings. The molecule has 2 heteroatoms. The number of allylic oxidation sites excluding steroid dienone is 2. The van der Waals surface area contributed by atoms with Crippen molar-refractivity contribution in [3.8, 4) is 33.6 Å². The lowest BCUT2D eigenvalue weighted by Crippen LogP contribution is -1.95. The normalized spacial score (nSPS) is 11.5. The smallest absolute Gasteiger partial charge is 0.140 e. The van der Waals surface area contributed by atoms with Crippen LogP contribution in [0, 0.1) is 6.92 Å². The Morgan fingerprint density at radius 2 is 1.09 bits per heavy atom. The van der Waals surface area contributed by atoms with Crippen LogP contribution in [0.5, 0.6) is 0 Å². The van der Waals surface area contributed by atoms with Crippen molar-refractivity contribution < 1.29 is 0 Å². The Labute approximate surface area is 252 Å². The van der Waals surface area contributed by atoms with Crippen LogP contribution < -0.4 is 0 Å². The highest BCUT2D eigenvalue weighted by atomic mass is 15.1. The number of hydrogen-bond donors (Lipinski definition) is 0. The molecular weight excluding hydrogens is 520 g/mol. The Kier molecular flexibility index (Phi) is 6.81. The van der Waals surface area contributed by atoms with Gasteiger partial charge in [-0.15, -0.1) is 0 Å². The molecule has 0 bridgehead atoms. The van der Waals surface area contributed by atoms with E-state index in [1.807, 2.05) is 18.2 Å². The largest absolute Gasteiger partial charge is 0.327 e. The number of imidazole rings is 1. The molecule has 1 heterocycles. The van der Waals surface area contributed by atoms with Crippen LogP contribution in [0.15, 0.2) is 146 Å². The van der Waals surface area contributed by atoms with Gasteiger partial charge in [-0.2, -0.15) is 0 Å². The second-order valence-corrected chi connectivity index (χ2v) is 11.0. The maximum atomic E-state index is 4.87. The predicted molar refractivity (Wildman–Crippen MR) is 184 cm³/mol. The van der Waals surface area contributed by atoms with Crippen molar-refractivity contribution >= 4 is 33.2 Å². The Morgan fingerprint density at radius 1 is 0.605 bits per heavy atom. The van der Waals surface area contributed by atoms with Crippen molar-refractivity contribution in [3.63, 3.8) is 0 Å². The Balaban J connectivity index is 1.39. The fourth-order valence-corrected chi connectivity index (χ4v) is 6.21. The SMILES string of the molecule is C=C(/C=C\c1c(C)nc(-c2ccccc2)n1C)c1ccc2c(-c3ccccc3)c3ccccc3c(-c3ccccc3)c2c1. The standard InChI is InChI=1S/C41H32N2/c1-28(23-26-38-29(2)42-41(43(38)3)32-19-11-6-12-20-32)33-24-25-36-37(27-33)40(31-17-9-5-10-18-31)35-22-14-13-21-34(35)39(36)30-15-7-4-8-16-30/h4-27H,1H2,2-3H3/b26-23-. The van der Waals surface area contributed by atoms with E-state index >= 15 is 0 Å². The molecule has 0 aliphatic heterocycles. The van der Waals surface area contributed by atoms with Gasteiger partial charge in [0.05, 0.1) is 11.4 Å². The van der Waals surface area contributed by atoms with Gasteiger partial charge in [-0.3, -0.25) is 0 Å². The van der Waals surface area contributed by atoms with Crippen LogP contribution in [0.25, 0.3) is 66.8 Å². The molecule has 0 saturated carbocycles. The number of rotatable bonds is 6. The summed E-state index contributed by atoms with van der Waals surface area (Å²) in [4.78, 5) is 4.87. The highest BCUT2D eigenvalue weighted by molar-refractivity contribution is 6.21. The molecule has 0 saturated heterocycles. The molecule has 7 rings (SSSR count). The van der Waals surface area contributed by atoms with Gasteiger partial charge in [0, 0.05) is 12.6 Å². The van der Waals surface area contributed by atoms with Crippen molar-refractivity contribution in [3.05, 3.63) is 163 Å². The van der Waals surface area contributed by atoms with Crippen LogP contribution in [0.4, 0.5) is 0 Å². The number of aryl methyl sites for hydroxylation is 1. The number of hydrogen-bond acceptors (Lipinski definition) is 1. The summed E-state index contributed by atoms with van der Waals surface area (Å²) in [6, 6.07) is 47.3. The van der Waals surface area contributed by atoms with Crippen molar-refractivity contribution in [1.82, 2.24) is 9.55 Å². The number of fused-ring (bicyclic) bond motifs is 2. The number of nitrogens with zero attached hydrogens (tertiary/aromatic N) is 2. The molecule has 0 spiro atoms. The van der Waals surface area contributed by atoms with Crippen LogP contribution in [0.3, 0.4) is 0 Å². The van der Waals surface area contributed by atoms with Gasteiger partial charge in [0.1, 0.15) is 5.82 Å². The van der Waals surface area contributed by atoms with E-state index in [1.165, 1.54) is 43.8 Å². The first-order valence-corrected chi connectivity index (χ1v) is 14.7.